The topological polar surface area (TPSA) is 61.8 Å². The van der Waals surface area contributed by atoms with Crippen LogP contribution in [0.3, 0.4) is 0 Å². The first kappa shape index (κ1) is 24.5. The molecule has 0 radical (unpaired) electrons. The maximum Gasteiger partial charge on any atom is 0.305 e. The molecular formula is C26H44O5. The van der Waals surface area contributed by atoms with Crippen LogP contribution in [0.5, 0.6) is 0 Å². The molecule has 2 saturated carbocycles. The summed E-state index contributed by atoms with van der Waals surface area (Å²) in [7, 11) is 0. The summed E-state index contributed by atoms with van der Waals surface area (Å²) in [6.45, 7) is 11.6. The molecule has 1 aliphatic heterocycles. The van der Waals surface area contributed by atoms with E-state index in [0.29, 0.717) is 32.0 Å². The molecule has 178 valence electrons. The van der Waals surface area contributed by atoms with Gasteiger partial charge in [-0.05, 0) is 76.5 Å². The molecule has 5 heteroatoms. The molecule has 0 N–H and O–H groups in total. The monoisotopic (exact) mass is 436 g/mol. The maximum absolute atomic E-state index is 12.3. The van der Waals surface area contributed by atoms with Crippen molar-refractivity contribution in [2.45, 2.75) is 123 Å². The van der Waals surface area contributed by atoms with Crippen LogP contribution in [-0.2, 0) is 23.8 Å². The largest absolute Gasteiger partial charge is 0.465 e. The van der Waals surface area contributed by atoms with E-state index in [1.54, 1.807) is 0 Å². The fraction of sp³-hybridized carbons (Fsp3) is 0.923. The third-order valence-electron chi connectivity index (χ3n) is 8.58. The summed E-state index contributed by atoms with van der Waals surface area (Å²) in [6.07, 6.45) is 10.7. The van der Waals surface area contributed by atoms with E-state index >= 15 is 0 Å². The molecule has 5 nitrogen and oxygen atoms in total. The Bertz CT molecular complexity index is 632. The van der Waals surface area contributed by atoms with Gasteiger partial charge in [-0.2, -0.15) is 0 Å². The lowest BCUT2D eigenvalue weighted by molar-refractivity contribution is -0.209. The van der Waals surface area contributed by atoms with Crippen LogP contribution in [0.4, 0.5) is 0 Å². The molecular weight excluding hydrogens is 392 g/mol. The van der Waals surface area contributed by atoms with Crippen molar-refractivity contribution in [3.8, 4) is 0 Å². The smallest absolute Gasteiger partial charge is 0.305 e. The zero-order valence-electron chi connectivity index (χ0n) is 20.5. The summed E-state index contributed by atoms with van der Waals surface area (Å²) in [4.78, 5) is 24.6. The highest BCUT2D eigenvalue weighted by Gasteiger charge is 2.66. The third kappa shape index (κ3) is 5.12. The molecule has 1 saturated heterocycles. The van der Waals surface area contributed by atoms with E-state index in [1.165, 1.54) is 12.8 Å². The van der Waals surface area contributed by atoms with E-state index < -0.39 is 0 Å². The number of hydrogen-bond donors (Lipinski definition) is 0. The minimum atomic E-state index is -0.356. The van der Waals surface area contributed by atoms with Gasteiger partial charge in [0, 0.05) is 18.3 Å². The van der Waals surface area contributed by atoms with E-state index in [2.05, 4.69) is 34.6 Å². The van der Waals surface area contributed by atoms with E-state index in [-0.39, 0.29) is 34.0 Å². The van der Waals surface area contributed by atoms with Crippen LogP contribution in [0.25, 0.3) is 0 Å². The van der Waals surface area contributed by atoms with Gasteiger partial charge in [0.25, 0.3) is 0 Å². The number of fused-ring (bicyclic) bond motifs is 1. The summed E-state index contributed by atoms with van der Waals surface area (Å²) in [5, 5.41) is 0. The summed E-state index contributed by atoms with van der Waals surface area (Å²) in [5.41, 5.74) is -0.565. The van der Waals surface area contributed by atoms with Crippen molar-refractivity contribution in [3.63, 3.8) is 0 Å². The summed E-state index contributed by atoms with van der Waals surface area (Å²) >= 11 is 0. The Morgan fingerprint density at radius 2 is 1.48 bits per heavy atom. The highest BCUT2D eigenvalue weighted by molar-refractivity contribution is 5.69. The van der Waals surface area contributed by atoms with Crippen LogP contribution in [0.15, 0.2) is 0 Å². The average molecular weight is 437 g/mol. The van der Waals surface area contributed by atoms with Gasteiger partial charge >= 0.3 is 11.9 Å². The molecule has 3 fully saturated rings. The zero-order valence-corrected chi connectivity index (χ0v) is 20.5. The number of carbonyl (C=O) groups excluding carboxylic acids is 2. The van der Waals surface area contributed by atoms with Crippen molar-refractivity contribution in [2.24, 2.45) is 16.7 Å². The molecule has 0 aromatic carbocycles. The standard InChI is InChI=1S/C26H44O5/c1-6-8-10-21(27)29-18-25(19-30-22(28)11-9-7-2)15-14-24(5)13-12-20-16-26(24,17-25)31-23(20,3)4/h20H,6-19H2,1-5H3/t20-,24-,26?/m1/s1. The third-order valence-corrected chi connectivity index (χ3v) is 8.58. The Balaban J connectivity index is 1.77. The molecule has 0 amide bonds. The van der Waals surface area contributed by atoms with Gasteiger partial charge in [-0.3, -0.25) is 9.59 Å². The van der Waals surface area contributed by atoms with Crippen molar-refractivity contribution in [3.05, 3.63) is 0 Å². The Labute approximate surface area is 189 Å². The van der Waals surface area contributed by atoms with E-state index in [4.69, 9.17) is 14.2 Å². The Hall–Kier alpha value is -1.10. The Morgan fingerprint density at radius 3 is 2.03 bits per heavy atom. The quantitative estimate of drug-likeness (QED) is 0.394. The van der Waals surface area contributed by atoms with Crippen LogP contribution in [0.1, 0.15) is 112 Å². The highest BCUT2D eigenvalue weighted by Crippen LogP contribution is 2.66. The minimum Gasteiger partial charge on any atom is -0.465 e. The molecule has 2 bridgehead atoms. The van der Waals surface area contributed by atoms with Gasteiger partial charge < -0.3 is 14.2 Å². The van der Waals surface area contributed by atoms with Gasteiger partial charge in [0.15, 0.2) is 0 Å². The predicted octanol–water partition coefficient (Wildman–Crippen LogP) is 5.98. The first-order chi connectivity index (χ1) is 14.6. The van der Waals surface area contributed by atoms with Gasteiger partial charge in [-0.1, -0.05) is 33.6 Å². The van der Waals surface area contributed by atoms with Crippen LogP contribution < -0.4 is 0 Å². The lowest BCUT2D eigenvalue weighted by Gasteiger charge is -2.57. The van der Waals surface area contributed by atoms with Crippen molar-refractivity contribution in [1.82, 2.24) is 0 Å². The normalized spacial score (nSPS) is 32.9. The molecule has 1 heterocycles. The fourth-order valence-electron chi connectivity index (χ4n) is 6.26. The number of hydrogen-bond acceptors (Lipinski definition) is 5. The van der Waals surface area contributed by atoms with Crippen molar-refractivity contribution < 1.29 is 23.8 Å². The van der Waals surface area contributed by atoms with Gasteiger partial charge in [-0.15, -0.1) is 0 Å². The maximum atomic E-state index is 12.3. The summed E-state index contributed by atoms with van der Waals surface area (Å²) in [5.74, 6) is 0.285. The molecule has 3 rings (SSSR count). The Kier molecular flexibility index (Phi) is 7.45. The molecule has 1 spiro atoms. The lowest BCUT2D eigenvalue weighted by atomic mass is 9.51. The van der Waals surface area contributed by atoms with E-state index in [9.17, 15) is 9.59 Å². The molecule has 3 atom stereocenters. The number of esters is 2. The number of ether oxygens (including phenoxy) is 3. The molecule has 0 aromatic rings. The first-order valence-corrected chi connectivity index (χ1v) is 12.6. The molecule has 1 unspecified atom stereocenters. The molecule has 31 heavy (non-hydrogen) atoms. The van der Waals surface area contributed by atoms with Gasteiger partial charge in [0.05, 0.1) is 11.2 Å². The SMILES string of the molecule is CCCCC(=O)OCC1(COC(=O)CCCC)CC[C@@]2(C)CC[C@@H]3CC2(C1)OC3(C)C. The van der Waals surface area contributed by atoms with Gasteiger partial charge in [-0.25, -0.2) is 0 Å². The van der Waals surface area contributed by atoms with Crippen molar-refractivity contribution in [2.75, 3.05) is 13.2 Å². The zero-order chi connectivity index (χ0) is 22.8. The Morgan fingerprint density at radius 1 is 0.903 bits per heavy atom. The number of carbonyl (C=O) groups is 2. The molecule has 0 aromatic heterocycles. The highest BCUT2D eigenvalue weighted by atomic mass is 16.6. The average Bonchev–Trinajstić information content (AvgIpc) is 2.95. The predicted molar refractivity (Wildman–Crippen MR) is 121 cm³/mol. The van der Waals surface area contributed by atoms with E-state index in [1.807, 2.05) is 0 Å². The number of rotatable bonds is 10. The second kappa shape index (κ2) is 9.41. The van der Waals surface area contributed by atoms with E-state index in [0.717, 1.165) is 51.4 Å². The minimum absolute atomic E-state index is 0.129. The lowest BCUT2D eigenvalue weighted by Crippen LogP contribution is -2.57. The van der Waals surface area contributed by atoms with Crippen LogP contribution in [-0.4, -0.2) is 36.4 Å². The number of unbranched alkanes of at least 4 members (excludes halogenated alkanes) is 2. The summed E-state index contributed by atoms with van der Waals surface area (Å²) in [6, 6.07) is 0. The molecule has 3 aliphatic rings. The van der Waals surface area contributed by atoms with Crippen LogP contribution in [0.2, 0.25) is 0 Å². The van der Waals surface area contributed by atoms with Crippen LogP contribution >= 0.6 is 0 Å². The second-order valence-corrected chi connectivity index (χ2v) is 11.4. The first-order valence-electron chi connectivity index (χ1n) is 12.6. The van der Waals surface area contributed by atoms with Crippen molar-refractivity contribution >= 4 is 11.9 Å². The molecule has 2 aliphatic carbocycles. The van der Waals surface area contributed by atoms with Gasteiger partial charge in [0.1, 0.15) is 13.2 Å². The van der Waals surface area contributed by atoms with Crippen molar-refractivity contribution in [1.29, 1.82) is 0 Å². The van der Waals surface area contributed by atoms with Gasteiger partial charge in [0.2, 0.25) is 0 Å². The summed E-state index contributed by atoms with van der Waals surface area (Å²) < 4.78 is 18.4. The van der Waals surface area contributed by atoms with Crippen LogP contribution in [0, 0.1) is 16.7 Å². The fourth-order valence-corrected chi connectivity index (χ4v) is 6.26. The second-order valence-electron chi connectivity index (χ2n) is 11.4.